The van der Waals surface area contributed by atoms with E-state index in [1.165, 1.54) is 12.1 Å². The van der Waals surface area contributed by atoms with Gasteiger partial charge in [0.25, 0.3) is 0 Å². The van der Waals surface area contributed by atoms with Gasteiger partial charge in [-0.15, -0.1) is 4.91 Å². The lowest BCUT2D eigenvalue weighted by Gasteiger charge is -2.03. The normalized spacial score (nSPS) is 9.50. The molecule has 0 aliphatic rings. The number of carbonyl (C=O) groups excluding carboxylic acids is 1. The van der Waals surface area contributed by atoms with Crippen molar-refractivity contribution < 1.29 is 14.6 Å². The van der Waals surface area contributed by atoms with E-state index in [4.69, 9.17) is 9.84 Å². The monoisotopic (exact) mass is 195 g/mol. The molecule has 0 aliphatic heterocycles. The predicted octanol–water partition coefficient (Wildman–Crippen LogP) is 1.97. The highest BCUT2D eigenvalue weighted by Gasteiger charge is 2.13. The molecule has 0 aliphatic carbocycles. The molecule has 5 heteroatoms. The lowest BCUT2D eigenvalue weighted by atomic mass is 10.2. The van der Waals surface area contributed by atoms with Gasteiger partial charge in [0.1, 0.15) is 11.4 Å². The van der Waals surface area contributed by atoms with Crippen molar-refractivity contribution in [3.63, 3.8) is 0 Å². The number of aromatic hydroxyl groups is 1. The second-order valence-electron chi connectivity index (χ2n) is 2.51. The van der Waals surface area contributed by atoms with E-state index in [1.54, 1.807) is 6.92 Å². The summed E-state index contributed by atoms with van der Waals surface area (Å²) in [5.41, 5.74) is -0.0666. The van der Waals surface area contributed by atoms with Crippen molar-refractivity contribution in [1.82, 2.24) is 0 Å². The zero-order chi connectivity index (χ0) is 10.6. The van der Waals surface area contributed by atoms with Crippen LogP contribution in [0.3, 0.4) is 0 Å². The van der Waals surface area contributed by atoms with E-state index < -0.39 is 5.97 Å². The molecular weight excluding hydrogens is 186 g/mol. The molecule has 0 spiro atoms. The molecule has 5 nitrogen and oxygen atoms in total. The van der Waals surface area contributed by atoms with Gasteiger partial charge in [0.2, 0.25) is 0 Å². The summed E-state index contributed by atoms with van der Waals surface area (Å²) in [6, 6.07) is 3.70. The molecule has 0 atom stereocenters. The molecular formula is C9H9NO4. The number of hydrogen-bond acceptors (Lipinski definition) is 5. The Balaban J connectivity index is 3.07. The summed E-state index contributed by atoms with van der Waals surface area (Å²) >= 11 is 0. The topological polar surface area (TPSA) is 76.0 Å². The molecule has 1 rings (SSSR count). The predicted molar refractivity (Wildman–Crippen MR) is 49.5 cm³/mol. The lowest BCUT2D eigenvalue weighted by molar-refractivity contribution is 0.0527. The first kappa shape index (κ1) is 10.2. The maximum Gasteiger partial charge on any atom is 0.340 e. The van der Waals surface area contributed by atoms with Crippen LogP contribution in [0.2, 0.25) is 0 Å². The standard InChI is InChI=1S/C9H9NO4/c1-2-14-9(12)7-4-3-6(11)5-8(7)10-13/h3-5,11H,2H2,1H3. The van der Waals surface area contributed by atoms with Gasteiger partial charge in [-0.1, -0.05) is 0 Å². The van der Waals surface area contributed by atoms with E-state index >= 15 is 0 Å². The minimum Gasteiger partial charge on any atom is -0.508 e. The molecule has 0 aromatic heterocycles. The van der Waals surface area contributed by atoms with Crippen LogP contribution in [0.1, 0.15) is 17.3 Å². The van der Waals surface area contributed by atoms with Crippen LogP contribution in [-0.2, 0) is 4.74 Å². The average molecular weight is 195 g/mol. The van der Waals surface area contributed by atoms with E-state index in [0.717, 1.165) is 6.07 Å². The van der Waals surface area contributed by atoms with Crippen molar-refractivity contribution in [1.29, 1.82) is 0 Å². The average Bonchev–Trinajstić information content (AvgIpc) is 2.17. The Kier molecular flexibility index (Phi) is 3.17. The summed E-state index contributed by atoms with van der Waals surface area (Å²) < 4.78 is 4.69. The number of rotatable bonds is 3. The fourth-order valence-electron chi connectivity index (χ4n) is 0.977. The molecule has 0 amide bonds. The van der Waals surface area contributed by atoms with Crippen molar-refractivity contribution in [2.75, 3.05) is 6.61 Å². The first-order chi connectivity index (χ1) is 6.69. The largest absolute Gasteiger partial charge is 0.508 e. The highest BCUT2D eigenvalue weighted by molar-refractivity contribution is 5.95. The maximum absolute atomic E-state index is 11.2. The second kappa shape index (κ2) is 4.36. The SMILES string of the molecule is CCOC(=O)c1ccc(O)cc1N=O. The Morgan fingerprint density at radius 2 is 2.29 bits per heavy atom. The quantitative estimate of drug-likeness (QED) is 0.590. The van der Waals surface area contributed by atoms with Crippen LogP contribution in [0.5, 0.6) is 5.75 Å². The van der Waals surface area contributed by atoms with Crippen LogP contribution in [0.4, 0.5) is 5.69 Å². The zero-order valence-corrected chi connectivity index (χ0v) is 7.56. The number of esters is 1. The van der Waals surface area contributed by atoms with Gasteiger partial charge in [-0.25, -0.2) is 4.79 Å². The molecule has 0 bridgehead atoms. The van der Waals surface area contributed by atoms with Crippen LogP contribution >= 0.6 is 0 Å². The summed E-state index contributed by atoms with van der Waals surface area (Å²) in [5, 5.41) is 11.7. The van der Waals surface area contributed by atoms with Gasteiger partial charge in [0.15, 0.2) is 0 Å². The number of carbonyl (C=O) groups is 1. The lowest BCUT2D eigenvalue weighted by Crippen LogP contribution is -2.04. The highest BCUT2D eigenvalue weighted by atomic mass is 16.5. The van der Waals surface area contributed by atoms with E-state index in [2.05, 4.69) is 5.18 Å². The third-order valence-electron chi connectivity index (χ3n) is 1.58. The maximum atomic E-state index is 11.2. The first-order valence-corrected chi connectivity index (χ1v) is 4.02. The summed E-state index contributed by atoms with van der Waals surface area (Å²) in [6.45, 7) is 1.88. The highest BCUT2D eigenvalue weighted by Crippen LogP contribution is 2.24. The zero-order valence-electron chi connectivity index (χ0n) is 7.56. The number of phenols is 1. The molecule has 1 aromatic carbocycles. The van der Waals surface area contributed by atoms with Crippen molar-refractivity contribution >= 4 is 11.7 Å². The Morgan fingerprint density at radius 1 is 1.57 bits per heavy atom. The summed E-state index contributed by atoms with van der Waals surface area (Å²) in [6.07, 6.45) is 0. The molecule has 0 radical (unpaired) electrons. The number of benzene rings is 1. The van der Waals surface area contributed by atoms with E-state index in [-0.39, 0.29) is 23.6 Å². The van der Waals surface area contributed by atoms with Crippen molar-refractivity contribution in [2.24, 2.45) is 5.18 Å². The van der Waals surface area contributed by atoms with Gasteiger partial charge in [0.05, 0.1) is 12.2 Å². The van der Waals surface area contributed by atoms with Crippen LogP contribution in [0.15, 0.2) is 23.4 Å². The van der Waals surface area contributed by atoms with Crippen LogP contribution < -0.4 is 0 Å². The Labute approximate surface area is 80.3 Å². The number of nitrogens with zero attached hydrogens (tertiary/aromatic N) is 1. The molecule has 0 heterocycles. The van der Waals surface area contributed by atoms with Gasteiger partial charge in [-0.2, -0.15) is 0 Å². The van der Waals surface area contributed by atoms with Crippen LogP contribution in [0, 0.1) is 4.91 Å². The number of ether oxygens (including phenoxy) is 1. The van der Waals surface area contributed by atoms with E-state index in [9.17, 15) is 9.70 Å². The summed E-state index contributed by atoms with van der Waals surface area (Å²) in [4.78, 5) is 21.6. The van der Waals surface area contributed by atoms with Crippen molar-refractivity contribution in [3.8, 4) is 5.75 Å². The summed E-state index contributed by atoms with van der Waals surface area (Å²) in [7, 11) is 0. The van der Waals surface area contributed by atoms with Crippen molar-refractivity contribution in [3.05, 3.63) is 28.7 Å². The minimum atomic E-state index is -0.623. The second-order valence-corrected chi connectivity index (χ2v) is 2.51. The molecule has 1 N–H and O–H groups in total. The molecule has 14 heavy (non-hydrogen) atoms. The molecule has 1 aromatic rings. The van der Waals surface area contributed by atoms with Gasteiger partial charge < -0.3 is 9.84 Å². The van der Waals surface area contributed by atoms with Crippen LogP contribution in [0.25, 0.3) is 0 Å². The van der Waals surface area contributed by atoms with Gasteiger partial charge in [-0.3, -0.25) is 0 Å². The molecule has 0 fully saturated rings. The number of phenolic OH excluding ortho intramolecular Hbond substituents is 1. The fraction of sp³-hybridized carbons (Fsp3) is 0.222. The molecule has 74 valence electrons. The third-order valence-corrected chi connectivity index (χ3v) is 1.58. The van der Waals surface area contributed by atoms with Gasteiger partial charge in [-0.05, 0) is 24.2 Å². The van der Waals surface area contributed by atoms with Crippen molar-refractivity contribution in [2.45, 2.75) is 6.92 Å². The third kappa shape index (κ3) is 2.07. The number of nitroso groups, excluding NO2 is 1. The number of hydrogen-bond donors (Lipinski definition) is 1. The van der Waals surface area contributed by atoms with Gasteiger partial charge in [0, 0.05) is 6.07 Å². The Bertz CT molecular complexity index is 362. The van der Waals surface area contributed by atoms with Crippen LogP contribution in [-0.4, -0.2) is 17.7 Å². The molecule has 0 unspecified atom stereocenters. The first-order valence-electron chi connectivity index (χ1n) is 4.02. The fourth-order valence-corrected chi connectivity index (χ4v) is 0.977. The molecule has 0 saturated carbocycles. The van der Waals surface area contributed by atoms with E-state index in [0.29, 0.717) is 0 Å². The smallest absolute Gasteiger partial charge is 0.340 e. The summed E-state index contributed by atoms with van der Waals surface area (Å²) in [5.74, 6) is -0.741. The Morgan fingerprint density at radius 3 is 2.86 bits per heavy atom. The molecule has 0 saturated heterocycles. The Hall–Kier alpha value is -1.91. The minimum absolute atomic E-state index is 0.0552. The van der Waals surface area contributed by atoms with E-state index in [1.807, 2.05) is 0 Å². The van der Waals surface area contributed by atoms with Gasteiger partial charge >= 0.3 is 5.97 Å².